The van der Waals surface area contributed by atoms with Crippen LogP contribution in [-0.2, 0) is 19.5 Å². The quantitative estimate of drug-likeness (QED) is 0.344. The van der Waals surface area contributed by atoms with Crippen molar-refractivity contribution < 1.29 is 4.79 Å². The number of H-pyrrole nitrogens is 2. The summed E-state index contributed by atoms with van der Waals surface area (Å²) in [6, 6.07) is 21.3. The monoisotopic (exact) mass is 410 g/mol. The molecule has 0 aliphatic rings. The Labute approximate surface area is 178 Å². The van der Waals surface area contributed by atoms with Gasteiger partial charge in [-0.1, -0.05) is 36.4 Å². The van der Waals surface area contributed by atoms with Gasteiger partial charge >= 0.3 is 0 Å². The highest BCUT2D eigenvalue weighted by Gasteiger charge is 2.11. The third kappa shape index (κ3) is 4.04. The van der Waals surface area contributed by atoms with E-state index >= 15 is 0 Å². The average Bonchev–Trinajstić information content (AvgIpc) is 3.39. The van der Waals surface area contributed by atoms with Crippen molar-refractivity contribution in [2.45, 2.75) is 19.5 Å². The number of carbonyl (C=O) groups excluding carboxylic acids is 1. The number of aromatic amines is 2. The van der Waals surface area contributed by atoms with E-state index in [0.717, 1.165) is 44.8 Å². The molecule has 7 nitrogen and oxygen atoms in total. The third-order valence-electron chi connectivity index (χ3n) is 5.26. The molecule has 2 heterocycles. The zero-order chi connectivity index (χ0) is 21.2. The Balaban J connectivity index is 1.32. The minimum atomic E-state index is -0.122. The lowest BCUT2D eigenvalue weighted by Crippen LogP contribution is -2.22. The lowest BCUT2D eigenvalue weighted by atomic mass is 10.1. The van der Waals surface area contributed by atoms with Crippen LogP contribution >= 0.6 is 0 Å². The Kier molecular flexibility index (Phi) is 4.93. The molecule has 0 aliphatic carbocycles. The van der Waals surface area contributed by atoms with E-state index in [1.54, 1.807) is 6.07 Å². The summed E-state index contributed by atoms with van der Waals surface area (Å²) in [5, 5.41) is 2.95. The molecule has 0 bridgehead atoms. The topological polar surface area (TPSA) is 112 Å². The van der Waals surface area contributed by atoms with E-state index in [-0.39, 0.29) is 5.91 Å². The standard InChI is InChI=1S/C24H22N6O/c25-13-16-6-8-18-20(10-16)29-22(27-18)12-23-28-19-9-7-17(11-21(19)30-23)24(31)26-14-15-4-2-1-3-5-15/h1-11H,12-14,25H2,(H,26,31)(H,27,29)(H,28,30). The largest absolute Gasteiger partial charge is 0.348 e. The van der Waals surface area contributed by atoms with Crippen LogP contribution in [0.1, 0.15) is 33.1 Å². The number of hydrogen-bond donors (Lipinski definition) is 4. The van der Waals surface area contributed by atoms with Gasteiger partial charge in [0.2, 0.25) is 0 Å². The summed E-state index contributed by atoms with van der Waals surface area (Å²) in [6.45, 7) is 0.977. The summed E-state index contributed by atoms with van der Waals surface area (Å²) >= 11 is 0. The van der Waals surface area contributed by atoms with Crippen LogP contribution in [0.4, 0.5) is 0 Å². The van der Waals surface area contributed by atoms with Crippen molar-refractivity contribution in [3.8, 4) is 0 Å². The van der Waals surface area contributed by atoms with E-state index in [4.69, 9.17) is 5.73 Å². The molecular weight excluding hydrogens is 388 g/mol. The maximum absolute atomic E-state index is 12.5. The normalized spacial score (nSPS) is 11.3. The lowest BCUT2D eigenvalue weighted by Gasteiger charge is -2.05. The van der Waals surface area contributed by atoms with Gasteiger partial charge in [0.1, 0.15) is 11.6 Å². The van der Waals surface area contributed by atoms with Gasteiger partial charge in [0.25, 0.3) is 5.91 Å². The van der Waals surface area contributed by atoms with Crippen molar-refractivity contribution >= 4 is 28.0 Å². The van der Waals surface area contributed by atoms with Crippen LogP contribution in [0.3, 0.4) is 0 Å². The van der Waals surface area contributed by atoms with Crippen LogP contribution in [0.25, 0.3) is 22.1 Å². The molecule has 0 unspecified atom stereocenters. The second-order valence-corrected chi connectivity index (χ2v) is 7.50. The fourth-order valence-corrected chi connectivity index (χ4v) is 3.64. The van der Waals surface area contributed by atoms with Crippen LogP contribution in [0.5, 0.6) is 0 Å². The Morgan fingerprint density at radius 2 is 1.52 bits per heavy atom. The van der Waals surface area contributed by atoms with Gasteiger partial charge in [0.15, 0.2) is 0 Å². The maximum Gasteiger partial charge on any atom is 0.251 e. The summed E-state index contributed by atoms with van der Waals surface area (Å²) in [6.07, 6.45) is 0.539. The number of imidazole rings is 2. The average molecular weight is 410 g/mol. The minimum Gasteiger partial charge on any atom is -0.348 e. The van der Waals surface area contributed by atoms with Gasteiger partial charge in [-0.05, 0) is 41.5 Å². The molecule has 0 saturated heterocycles. The van der Waals surface area contributed by atoms with Crippen molar-refractivity contribution in [1.29, 1.82) is 0 Å². The number of aromatic nitrogens is 4. The predicted molar refractivity (Wildman–Crippen MR) is 120 cm³/mol. The van der Waals surface area contributed by atoms with Gasteiger partial charge in [-0.2, -0.15) is 0 Å². The molecule has 31 heavy (non-hydrogen) atoms. The molecule has 0 radical (unpaired) electrons. The number of nitrogens with one attached hydrogen (secondary N) is 3. The van der Waals surface area contributed by atoms with Crippen LogP contribution in [0.2, 0.25) is 0 Å². The molecule has 0 aliphatic heterocycles. The Hall–Kier alpha value is -3.97. The zero-order valence-electron chi connectivity index (χ0n) is 16.9. The first-order valence-electron chi connectivity index (χ1n) is 10.2. The summed E-state index contributed by atoms with van der Waals surface area (Å²) in [5.74, 6) is 1.49. The smallest absolute Gasteiger partial charge is 0.251 e. The fraction of sp³-hybridized carbons (Fsp3) is 0.125. The molecule has 0 saturated carbocycles. The van der Waals surface area contributed by atoms with Crippen molar-refractivity contribution in [2.24, 2.45) is 5.73 Å². The van der Waals surface area contributed by atoms with Gasteiger partial charge in [0, 0.05) is 18.7 Å². The first-order valence-corrected chi connectivity index (χ1v) is 10.2. The Bertz CT molecular complexity index is 1370. The second kappa shape index (κ2) is 8.04. The summed E-state index contributed by atoms with van der Waals surface area (Å²) in [5.41, 5.74) is 11.9. The third-order valence-corrected chi connectivity index (χ3v) is 5.26. The number of fused-ring (bicyclic) bond motifs is 2. The Morgan fingerprint density at radius 3 is 2.23 bits per heavy atom. The zero-order valence-corrected chi connectivity index (χ0v) is 16.9. The van der Waals surface area contributed by atoms with E-state index in [1.165, 1.54) is 0 Å². The van der Waals surface area contributed by atoms with Crippen molar-refractivity contribution in [2.75, 3.05) is 0 Å². The molecule has 0 fully saturated rings. The van der Waals surface area contributed by atoms with Gasteiger partial charge in [0.05, 0.1) is 28.5 Å². The number of nitrogens with zero attached hydrogens (tertiary/aromatic N) is 2. The molecule has 1 amide bonds. The van der Waals surface area contributed by atoms with Crippen molar-refractivity contribution in [3.63, 3.8) is 0 Å². The first-order chi connectivity index (χ1) is 15.2. The highest BCUT2D eigenvalue weighted by Crippen LogP contribution is 2.18. The number of amides is 1. The van der Waals surface area contributed by atoms with E-state index in [2.05, 4.69) is 25.3 Å². The number of nitrogens with two attached hydrogens (primary N) is 1. The van der Waals surface area contributed by atoms with Gasteiger partial charge in [-0.15, -0.1) is 0 Å². The lowest BCUT2D eigenvalue weighted by molar-refractivity contribution is 0.0951. The highest BCUT2D eigenvalue weighted by atomic mass is 16.1. The maximum atomic E-state index is 12.5. The molecule has 5 N–H and O–H groups in total. The molecule has 154 valence electrons. The van der Waals surface area contributed by atoms with Crippen LogP contribution in [0.15, 0.2) is 66.7 Å². The van der Waals surface area contributed by atoms with E-state index in [9.17, 15) is 4.79 Å². The molecule has 0 spiro atoms. The van der Waals surface area contributed by atoms with E-state index in [1.807, 2.05) is 60.7 Å². The SMILES string of the molecule is NCc1ccc2[nH]c(Cc3nc4cc(C(=O)NCc5ccccc5)ccc4[nH]3)nc2c1. The molecule has 2 aromatic heterocycles. The minimum absolute atomic E-state index is 0.122. The van der Waals surface area contributed by atoms with Crippen molar-refractivity contribution in [3.05, 3.63) is 95.1 Å². The number of hydrogen-bond acceptors (Lipinski definition) is 4. The molecule has 3 aromatic carbocycles. The molecule has 5 aromatic rings. The molecular formula is C24H22N6O. The number of benzene rings is 3. The van der Waals surface area contributed by atoms with E-state index in [0.29, 0.717) is 25.1 Å². The Morgan fingerprint density at radius 1 is 0.839 bits per heavy atom. The van der Waals surface area contributed by atoms with Gasteiger partial charge in [-0.3, -0.25) is 4.79 Å². The van der Waals surface area contributed by atoms with Crippen LogP contribution in [-0.4, -0.2) is 25.8 Å². The highest BCUT2D eigenvalue weighted by molar-refractivity contribution is 5.97. The second-order valence-electron chi connectivity index (χ2n) is 7.50. The molecule has 0 atom stereocenters. The van der Waals surface area contributed by atoms with Crippen molar-refractivity contribution in [1.82, 2.24) is 25.3 Å². The summed E-state index contributed by atoms with van der Waals surface area (Å²) in [4.78, 5) is 28.5. The van der Waals surface area contributed by atoms with E-state index < -0.39 is 0 Å². The first kappa shape index (κ1) is 19.0. The molecule has 5 rings (SSSR count). The summed E-state index contributed by atoms with van der Waals surface area (Å²) in [7, 11) is 0. The molecule has 7 heteroatoms. The summed E-state index contributed by atoms with van der Waals surface area (Å²) < 4.78 is 0. The van der Waals surface area contributed by atoms with Gasteiger partial charge < -0.3 is 21.0 Å². The number of carbonyl (C=O) groups is 1. The fourth-order valence-electron chi connectivity index (χ4n) is 3.64. The predicted octanol–water partition coefficient (Wildman–Crippen LogP) is 3.42. The van der Waals surface area contributed by atoms with Gasteiger partial charge in [-0.25, -0.2) is 9.97 Å². The number of rotatable bonds is 6. The van der Waals surface area contributed by atoms with Crippen LogP contribution in [0, 0.1) is 0 Å². The van der Waals surface area contributed by atoms with Crippen LogP contribution < -0.4 is 11.1 Å².